The van der Waals surface area contributed by atoms with Crippen molar-refractivity contribution in [3.8, 4) is 0 Å². The normalized spacial score (nSPS) is 25.6. The van der Waals surface area contributed by atoms with Crippen molar-refractivity contribution in [2.24, 2.45) is 5.92 Å². The Bertz CT molecular complexity index is 641. The van der Waals surface area contributed by atoms with Crippen LogP contribution in [0.4, 0.5) is 0 Å². The summed E-state index contributed by atoms with van der Waals surface area (Å²) in [6.07, 6.45) is 4.60. The maximum atomic E-state index is 4.65. The van der Waals surface area contributed by atoms with Gasteiger partial charge in [-0.1, -0.05) is 6.07 Å². The van der Waals surface area contributed by atoms with Crippen molar-refractivity contribution in [2.45, 2.75) is 38.9 Å². The third-order valence-electron chi connectivity index (χ3n) is 5.05. The van der Waals surface area contributed by atoms with E-state index in [9.17, 15) is 0 Å². The zero-order valence-corrected chi connectivity index (χ0v) is 14.5. The van der Waals surface area contributed by atoms with Gasteiger partial charge in [0, 0.05) is 50.3 Å². The molecule has 23 heavy (non-hydrogen) atoms. The van der Waals surface area contributed by atoms with Crippen LogP contribution in [-0.2, 0) is 13.1 Å². The van der Waals surface area contributed by atoms with Gasteiger partial charge in [-0.05, 0) is 37.8 Å². The topological polar surface area (TPSA) is 32.3 Å². The average Bonchev–Trinajstić information content (AvgIpc) is 2.77. The summed E-state index contributed by atoms with van der Waals surface area (Å²) in [5, 5.41) is 3.39. The minimum absolute atomic E-state index is 0.662. The van der Waals surface area contributed by atoms with Gasteiger partial charge in [0.25, 0.3) is 0 Å². The number of rotatable bonds is 4. The van der Waals surface area contributed by atoms with Crippen molar-refractivity contribution >= 4 is 11.3 Å². The van der Waals surface area contributed by atoms with Crippen LogP contribution in [-0.4, -0.2) is 45.4 Å². The van der Waals surface area contributed by atoms with Gasteiger partial charge in [0.2, 0.25) is 0 Å². The summed E-state index contributed by atoms with van der Waals surface area (Å²) >= 11 is 1.76. The molecule has 5 heterocycles. The van der Waals surface area contributed by atoms with Crippen LogP contribution in [0, 0.1) is 12.8 Å². The van der Waals surface area contributed by atoms with Crippen LogP contribution in [0.2, 0.25) is 0 Å². The van der Waals surface area contributed by atoms with Crippen LogP contribution in [0.5, 0.6) is 0 Å². The van der Waals surface area contributed by atoms with Crippen molar-refractivity contribution < 1.29 is 0 Å². The highest BCUT2D eigenvalue weighted by molar-refractivity contribution is 7.09. The molecule has 3 aliphatic rings. The van der Waals surface area contributed by atoms with E-state index in [0.717, 1.165) is 19.0 Å². The Balaban J connectivity index is 1.44. The smallest absolute Gasteiger partial charge is 0.0897 e. The van der Waals surface area contributed by atoms with Gasteiger partial charge in [0.15, 0.2) is 0 Å². The maximum Gasteiger partial charge on any atom is 0.0897 e. The molecule has 5 heteroatoms. The monoisotopic (exact) mass is 328 g/mol. The molecule has 3 aliphatic heterocycles. The van der Waals surface area contributed by atoms with Gasteiger partial charge >= 0.3 is 0 Å². The summed E-state index contributed by atoms with van der Waals surface area (Å²) in [5.74, 6) is 0.789. The SMILES string of the molecule is Cc1nc(CN2C[C@H]3CC[C@@H](C2)N(Cc2ccccn2)C3)cs1. The summed E-state index contributed by atoms with van der Waals surface area (Å²) in [4.78, 5) is 14.4. The Morgan fingerprint density at radius 3 is 2.87 bits per heavy atom. The minimum atomic E-state index is 0.662. The molecule has 5 rings (SSSR count). The Morgan fingerprint density at radius 1 is 1.13 bits per heavy atom. The van der Waals surface area contributed by atoms with Crippen LogP contribution in [0.3, 0.4) is 0 Å². The predicted molar refractivity (Wildman–Crippen MR) is 93.3 cm³/mol. The molecule has 0 spiro atoms. The number of aromatic nitrogens is 2. The van der Waals surface area contributed by atoms with Crippen LogP contribution >= 0.6 is 11.3 Å². The van der Waals surface area contributed by atoms with Crippen molar-refractivity contribution in [3.63, 3.8) is 0 Å². The van der Waals surface area contributed by atoms with E-state index in [0.29, 0.717) is 6.04 Å². The summed E-state index contributed by atoms with van der Waals surface area (Å²) < 4.78 is 0. The highest BCUT2D eigenvalue weighted by Crippen LogP contribution is 2.29. The number of piperidine rings is 1. The van der Waals surface area contributed by atoms with Crippen LogP contribution in [0.15, 0.2) is 29.8 Å². The molecule has 0 N–H and O–H groups in total. The molecule has 3 fully saturated rings. The van der Waals surface area contributed by atoms with Crippen molar-refractivity contribution in [1.82, 2.24) is 19.8 Å². The second-order valence-corrected chi connectivity index (χ2v) is 7.96. The van der Waals surface area contributed by atoms with Crippen molar-refractivity contribution in [1.29, 1.82) is 0 Å². The molecule has 2 aromatic rings. The lowest BCUT2D eigenvalue weighted by Gasteiger charge is -2.35. The first-order chi connectivity index (χ1) is 11.3. The summed E-state index contributed by atoms with van der Waals surface area (Å²) in [6.45, 7) is 7.69. The molecule has 0 aliphatic carbocycles. The third kappa shape index (κ3) is 3.62. The van der Waals surface area contributed by atoms with Gasteiger partial charge in [0.05, 0.1) is 16.4 Å². The van der Waals surface area contributed by atoms with Crippen molar-refractivity contribution in [2.75, 3.05) is 19.6 Å². The van der Waals surface area contributed by atoms with E-state index >= 15 is 0 Å². The summed E-state index contributed by atoms with van der Waals surface area (Å²) in [7, 11) is 0. The number of hydrogen-bond acceptors (Lipinski definition) is 5. The molecular weight excluding hydrogens is 304 g/mol. The van der Waals surface area contributed by atoms with E-state index in [-0.39, 0.29) is 0 Å². The lowest BCUT2D eigenvalue weighted by molar-refractivity contribution is 0.121. The Labute approximate surface area is 142 Å². The molecular formula is C18H24N4S. The second-order valence-electron chi connectivity index (χ2n) is 6.90. The lowest BCUT2D eigenvalue weighted by atomic mass is 9.95. The van der Waals surface area contributed by atoms with E-state index in [1.807, 2.05) is 12.3 Å². The molecule has 0 amide bonds. The minimum Gasteiger partial charge on any atom is -0.296 e. The highest BCUT2D eigenvalue weighted by atomic mass is 32.1. The zero-order chi connectivity index (χ0) is 15.6. The predicted octanol–water partition coefficient (Wildman–Crippen LogP) is 2.94. The molecule has 0 radical (unpaired) electrons. The number of pyridine rings is 1. The molecule has 4 nitrogen and oxygen atoms in total. The first kappa shape index (κ1) is 15.2. The summed E-state index contributed by atoms with van der Waals surface area (Å²) in [5.41, 5.74) is 2.44. The summed E-state index contributed by atoms with van der Waals surface area (Å²) in [6, 6.07) is 6.90. The van der Waals surface area contributed by atoms with Gasteiger partial charge in [-0.25, -0.2) is 4.98 Å². The van der Waals surface area contributed by atoms with Gasteiger partial charge in [0.1, 0.15) is 0 Å². The van der Waals surface area contributed by atoms with Gasteiger partial charge in [-0.3, -0.25) is 14.8 Å². The fraction of sp³-hybridized carbons (Fsp3) is 0.556. The van der Waals surface area contributed by atoms with Gasteiger partial charge in [-0.15, -0.1) is 11.3 Å². The molecule has 2 aromatic heterocycles. The first-order valence-corrected chi connectivity index (χ1v) is 9.41. The van der Waals surface area contributed by atoms with E-state index < -0.39 is 0 Å². The molecule has 0 aromatic carbocycles. The van der Waals surface area contributed by atoms with E-state index in [1.54, 1.807) is 11.3 Å². The van der Waals surface area contributed by atoms with Gasteiger partial charge < -0.3 is 0 Å². The molecule has 2 bridgehead atoms. The molecule has 0 saturated carbocycles. The van der Waals surface area contributed by atoms with E-state index in [4.69, 9.17) is 0 Å². The first-order valence-electron chi connectivity index (χ1n) is 8.53. The highest BCUT2D eigenvalue weighted by Gasteiger charge is 2.34. The zero-order valence-electron chi connectivity index (χ0n) is 13.7. The molecule has 122 valence electrons. The second kappa shape index (κ2) is 6.67. The Hall–Kier alpha value is -1.30. The number of fused-ring (bicyclic) bond motifs is 4. The molecule has 0 unspecified atom stereocenters. The average molecular weight is 328 g/mol. The quantitative estimate of drug-likeness (QED) is 0.864. The molecule has 2 atom stereocenters. The van der Waals surface area contributed by atoms with Gasteiger partial charge in [-0.2, -0.15) is 0 Å². The largest absolute Gasteiger partial charge is 0.296 e. The Morgan fingerprint density at radius 2 is 2.09 bits per heavy atom. The van der Waals surface area contributed by atoms with Crippen molar-refractivity contribution in [3.05, 3.63) is 46.2 Å². The fourth-order valence-electron chi connectivity index (χ4n) is 4.01. The number of hydrogen-bond donors (Lipinski definition) is 0. The lowest BCUT2D eigenvalue weighted by Crippen LogP contribution is -2.43. The maximum absolute atomic E-state index is 4.65. The Kier molecular flexibility index (Phi) is 4.42. The fourth-order valence-corrected chi connectivity index (χ4v) is 4.61. The standard InChI is InChI=1S/C18H24N4S/c1-14-20-17(13-23-14)10-21-8-15-5-6-18(12-21)22(9-15)11-16-4-2-3-7-19-16/h2-4,7,13,15,18H,5-6,8-12H2,1H3/t15-,18+/m1/s1. The van der Waals surface area contributed by atoms with E-state index in [2.05, 4.69) is 44.2 Å². The number of thiazole rings is 1. The number of aryl methyl sites for hydroxylation is 1. The van der Waals surface area contributed by atoms with Crippen LogP contribution < -0.4 is 0 Å². The number of nitrogens with zero attached hydrogens (tertiary/aromatic N) is 4. The third-order valence-corrected chi connectivity index (χ3v) is 5.87. The van der Waals surface area contributed by atoms with Crippen LogP contribution in [0.1, 0.15) is 29.2 Å². The molecule has 3 saturated heterocycles. The van der Waals surface area contributed by atoms with Crippen LogP contribution in [0.25, 0.3) is 0 Å². The van der Waals surface area contributed by atoms with E-state index in [1.165, 1.54) is 48.9 Å².